The molecule has 0 unspecified atom stereocenters. The fourth-order valence-corrected chi connectivity index (χ4v) is 4.40. The highest BCUT2D eigenvalue weighted by Gasteiger charge is 2.28. The van der Waals surface area contributed by atoms with Crippen molar-refractivity contribution in [2.75, 3.05) is 13.1 Å². The number of carbonyl (C=O) groups excluding carboxylic acids is 1. The van der Waals surface area contributed by atoms with Crippen LogP contribution in [0.2, 0.25) is 0 Å². The summed E-state index contributed by atoms with van der Waals surface area (Å²) in [4.78, 5) is 24.8. The molecule has 1 atom stereocenters. The number of nitrogens with zero attached hydrogens (tertiary/aromatic N) is 5. The number of piperidine rings is 1. The van der Waals surface area contributed by atoms with Gasteiger partial charge in [-0.25, -0.2) is 9.50 Å². The Morgan fingerprint density at radius 3 is 2.93 bits per heavy atom. The molecule has 6 nitrogen and oxygen atoms in total. The van der Waals surface area contributed by atoms with E-state index in [-0.39, 0.29) is 11.8 Å². The summed E-state index contributed by atoms with van der Waals surface area (Å²) in [6.45, 7) is 1.38. The minimum atomic E-state index is -0.0194. The molecule has 1 amide bonds. The molecule has 0 spiro atoms. The number of fused-ring (bicyclic) bond motifs is 1. The van der Waals surface area contributed by atoms with Crippen molar-refractivity contribution >= 4 is 22.9 Å². The summed E-state index contributed by atoms with van der Waals surface area (Å²) >= 11 is 1.71. The average molecular weight is 389 g/mol. The second-order valence-corrected chi connectivity index (χ2v) is 7.92. The SMILES string of the molecule is O=C(c1ccccn1)N1CCC[C@H](c2nc3ccc(-c4cccs4)cn3n2)C1. The third-order valence-corrected chi connectivity index (χ3v) is 6.03. The molecule has 5 rings (SSSR count). The lowest BCUT2D eigenvalue weighted by atomic mass is 9.97. The van der Waals surface area contributed by atoms with Crippen molar-refractivity contribution in [1.29, 1.82) is 0 Å². The largest absolute Gasteiger partial charge is 0.337 e. The third kappa shape index (κ3) is 3.18. The van der Waals surface area contributed by atoms with Crippen LogP contribution in [0.1, 0.15) is 35.1 Å². The molecular weight excluding hydrogens is 370 g/mol. The number of thiophene rings is 1. The molecule has 1 aliphatic rings. The van der Waals surface area contributed by atoms with Gasteiger partial charge >= 0.3 is 0 Å². The average Bonchev–Trinajstić information content (AvgIpc) is 3.43. The van der Waals surface area contributed by atoms with E-state index in [2.05, 4.69) is 22.5 Å². The third-order valence-electron chi connectivity index (χ3n) is 5.11. The number of hydrogen-bond donors (Lipinski definition) is 0. The van der Waals surface area contributed by atoms with E-state index in [1.807, 2.05) is 39.9 Å². The number of pyridine rings is 2. The van der Waals surface area contributed by atoms with Gasteiger partial charge in [0, 0.05) is 41.8 Å². The Kier molecular flexibility index (Phi) is 4.37. The maximum absolute atomic E-state index is 12.7. The molecule has 0 N–H and O–H groups in total. The molecule has 4 aromatic rings. The van der Waals surface area contributed by atoms with Crippen LogP contribution in [0.4, 0.5) is 0 Å². The van der Waals surface area contributed by atoms with Crippen LogP contribution in [-0.2, 0) is 0 Å². The van der Waals surface area contributed by atoms with Crippen LogP contribution in [0, 0.1) is 0 Å². The van der Waals surface area contributed by atoms with Crippen molar-refractivity contribution in [2.24, 2.45) is 0 Å². The maximum Gasteiger partial charge on any atom is 0.272 e. The van der Waals surface area contributed by atoms with Crippen LogP contribution in [0.15, 0.2) is 60.2 Å². The van der Waals surface area contributed by atoms with Crippen molar-refractivity contribution in [3.05, 3.63) is 71.8 Å². The topological polar surface area (TPSA) is 63.4 Å². The first-order chi connectivity index (χ1) is 13.8. The molecule has 0 bridgehead atoms. The molecule has 0 aromatic carbocycles. The van der Waals surface area contributed by atoms with Crippen LogP contribution >= 0.6 is 11.3 Å². The summed E-state index contributed by atoms with van der Waals surface area (Å²) in [5.74, 6) is 0.933. The maximum atomic E-state index is 12.7. The van der Waals surface area contributed by atoms with E-state index in [9.17, 15) is 4.79 Å². The lowest BCUT2D eigenvalue weighted by Gasteiger charge is -2.31. The van der Waals surface area contributed by atoms with Gasteiger partial charge in [0.25, 0.3) is 5.91 Å². The van der Waals surface area contributed by atoms with Gasteiger partial charge in [-0.1, -0.05) is 12.1 Å². The molecule has 7 heteroatoms. The Balaban J connectivity index is 1.39. The highest BCUT2D eigenvalue weighted by Crippen LogP contribution is 2.28. The first-order valence-corrected chi connectivity index (χ1v) is 10.3. The summed E-state index contributed by atoms with van der Waals surface area (Å²) in [5, 5.41) is 6.80. The van der Waals surface area contributed by atoms with Crippen molar-refractivity contribution in [3.8, 4) is 10.4 Å². The lowest BCUT2D eigenvalue weighted by molar-refractivity contribution is 0.0698. The second-order valence-electron chi connectivity index (χ2n) is 6.97. The van der Waals surface area contributed by atoms with Gasteiger partial charge in [-0.15, -0.1) is 11.3 Å². The first kappa shape index (κ1) is 17.1. The second kappa shape index (κ2) is 7.16. The van der Waals surface area contributed by atoms with Gasteiger partial charge in [0.2, 0.25) is 0 Å². The summed E-state index contributed by atoms with van der Waals surface area (Å²) in [5.41, 5.74) is 2.46. The number of hydrogen-bond acceptors (Lipinski definition) is 5. The minimum absolute atomic E-state index is 0.0194. The molecule has 0 radical (unpaired) electrons. The predicted octanol–water partition coefficient (Wildman–Crippen LogP) is 3.87. The molecule has 4 aromatic heterocycles. The van der Waals surface area contributed by atoms with Crippen LogP contribution in [0.5, 0.6) is 0 Å². The highest BCUT2D eigenvalue weighted by molar-refractivity contribution is 7.13. The summed E-state index contributed by atoms with van der Waals surface area (Å²) in [6, 6.07) is 13.7. The molecule has 1 fully saturated rings. The van der Waals surface area contributed by atoms with Gasteiger partial charge in [-0.3, -0.25) is 9.78 Å². The lowest BCUT2D eigenvalue weighted by Crippen LogP contribution is -2.39. The molecule has 1 saturated heterocycles. The Morgan fingerprint density at radius 2 is 2.11 bits per heavy atom. The Morgan fingerprint density at radius 1 is 1.14 bits per heavy atom. The first-order valence-electron chi connectivity index (χ1n) is 9.38. The van der Waals surface area contributed by atoms with Crippen molar-refractivity contribution in [2.45, 2.75) is 18.8 Å². The van der Waals surface area contributed by atoms with E-state index < -0.39 is 0 Å². The van der Waals surface area contributed by atoms with Gasteiger partial charge in [0.15, 0.2) is 11.5 Å². The zero-order valence-corrected chi connectivity index (χ0v) is 16.0. The monoisotopic (exact) mass is 389 g/mol. The van der Waals surface area contributed by atoms with Gasteiger partial charge in [0.05, 0.1) is 0 Å². The summed E-state index contributed by atoms with van der Waals surface area (Å²) in [7, 11) is 0. The highest BCUT2D eigenvalue weighted by atomic mass is 32.1. The number of carbonyl (C=O) groups is 1. The van der Waals surface area contributed by atoms with Crippen LogP contribution in [0.3, 0.4) is 0 Å². The van der Waals surface area contributed by atoms with E-state index in [1.165, 1.54) is 4.88 Å². The minimum Gasteiger partial charge on any atom is -0.337 e. The van der Waals surface area contributed by atoms with E-state index in [0.29, 0.717) is 12.2 Å². The molecular formula is C21H19N5OS. The van der Waals surface area contributed by atoms with Gasteiger partial charge in [-0.05, 0) is 48.6 Å². The Bertz CT molecular complexity index is 1110. The molecule has 5 heterocycles. The number of aromatic nitrogens is 4. The van der Waals surface area contributed by atoms with E-state index in [0.717, 1.165) is 36.4 Å². The zero-order chi connectivity index (χ0) is 18.9. The molecule has 1 aliphatic heterocycles. The number of amides is 1. The van der Waals surface area contributed by atoms with Crippen LogP contribution in [0.25, 0.3) is 16.1 Å². The quantitative estimate of drug-likeness (QED) is 0.534. The Hall–Kier alpha value is -3.06. The summed E-state index contributed by atoms with van der Waals surface area (Å²) in [6.07, 6.45) is 5.61. The van der Waals surface area contributed by atoms with Gasteiger partial charge in [0.1, 0.15) is 5.69 Å². The smallest absolute Gasteiger partial charge is 0.272 e. The van der Waals surface area contributed by atoms with Crippen molar-refractivity contribution in [1.82, 2.24) is 24.5 Å². The van der Waals surface area contributed by atoms with Crippen molar-refractivity contribution in [3.63, 3.8) is 0 Å². The molecule has 0 aliphatic carbocycles. The van der Waals surface area contributed by atoms with Gasteiger partial charge < -0.3 is 4.90 Å². The van der Waals surface area contributed by atoms with Crippen LogP contribution in [-0.4, -0.2) is 43.5 Å². The van der Waals surface area contributed by atoms with Gasteiger partial charge in [-0.2, -0.15) is 5.10 Å². The number of likely N-dealkylation sites (tertiary alicyclic amines) is 1. The fraction of sp³-hybridized carbons (Fsp3) is 0.238. The molecule has 0 saturated carbocycles. The molecule has 140 valence electrons. The predicted molar refractivity (Wildman–Crippen MR) is 108 cm³/mol. The number of rotatable bonds is 3. The Labute approximate surface area is 166 Å². The fourth-order valence-electron chi connectivity index (χ4n) is 3.69. The summed E-state index contributed by atoms with van der Waals surface area (Å²) < 4.78 is 1.85. The van der Waals surface area contributed by atoms with Crippen molar-refractivity contribution < 1.29 is 4.79 Å². The van der Waals surface area contributed by atoms with E-state index in [1.54, 1.807) is 23.6 Å². The van der Waals surface area contributed by atoms with E-state index in [4.69, 9.17) is 10.1 Å². The molecule has 28 heavy (non-hydrogen) atoms. The standard InChI is InChI=1S/C21H19N5OS/c27-21(17-6-1-2-10-22-17)25-11-3-5-16(13-25)20-23-19-9-8-15(14-26(19)24-20)18-7-4-12-28-18/h1-2,4,6-10,12,14,16H,3,5,11,13H2/t16-/m0/s1. The normalized spacial score (nSPS) is 17.1. The van der Waals surface area contributed by atoms with E-state index >= 15 is 0 Å². The zero-order valence-electron chi connectivity index (χ0n) is 15.2. The van der Waals surface area contributed by atoms with Crippen LogP contribution < -0.4 is 0 Å².